The number of carbonyl (C=O) groups excluding carboxylic acids is 1. The van der Waals surface area contributed by atoms with Gasteiger partial charge in [0.2, 0.25) is 0 Å². The lowest BCUT2D eigenvalue weighted by molar-refractivity contribution is -0.131. The second-order valence-electron chi connectivity index (χ2n) is 5.38. The third-order valence-corrected chi connectivity index (χ3v) is 3.60. The van der Waals surface area contributed by atoms with Crippen LogP contribution in [-0.4, -0.2) is 47.5 Å². The van der Waals surface area contributed by atoms with Gasteiger partial charge in [-0.15, -0.1) is 0 Å². The maximum atomic E-state index is 12.2. The molecule has 1 aliphatic rings. The highest BCUT2D eigenvalue weighted by atomic mass is 16.6. The average Bonchev–Trinajstić information content (AvgIpc) is 2.44. The fourth-order valence-corrected chi connectivity index (χ4v) is 2.37. The second-order valence-corrected chi connectivity index (χ2v) is 5.38. The summed E-state index contributed by atoms with van der Waals surface area (Å²) in [6, 6.07) is 9.13. The molecule has 2 rings (SSSR count). The Kier molecular flexibility index (Phi) is 4.62. The van der Waals surface area contributed by atoms with Gasteiger partial charge in [0, 0.05) is 6.54 Å². The molecule has 1 aromatic carbocycles. The number of benzene rings is 1. The molecular formula is C15H21NO4. The van der Waals surface area contributed by atoms with Gasteiger partial charge in [0.1, 0.15) is 6.61 Å². The van der Waals surface area contributed by atoms with E-state index in [0.717, 1.165) is 5.56 Å². The highest BCUT2D eigenvalue weighted by Crippen LogP contribution is 2.25. The fourth-order valence-electron chi connectivity index (χ4n) is 2.37. The Balaban J connectivity index is 1.97. The molecule has 110 valence electrons. The summed E-state index contributed by atoms with van der Waals surface area (Å²) in [5.74, 6) is 0. The van der Waals surface area contributed by atoms with E-state index in [9.17, 15) is 9.90 Å². The summed E-state index contributed by atoms with van der Waals surface area (Å²) in [7, 11) is 0. The van der Waals surface area contributed by atoms with Crippen molar-refractivity contribution in [1.29, 1.82) is 0 Å². The van der Waals surface area contributed by atoms with Crippen LogP contribution in [0.3, 0.4) is 0 Å². The summed E-state index contributed by atoms with van der Waals surface area (Å²) in [6.45, 7) is 4.70. The lowest BCUT2D eigenvalue weighted by Gasteiger charge is -2.44. The maximum absolute atomic E-state index is 12.2. The molecular weight excluding hydrogens is 258 g/mol. The molecule has 5 nitrogen and oxygen atoms in total. The molecule has 0 aromatic heterocycles. The number of morpholine rings is 1. The number of aliphatic hydroxyl groups is 1. The molecule has 1 aliphatic heterocycles. The first kappa shape index (κ1) is 14.8. The topological polar surface area (TPSA) is 59.0 Å². The Labute approximate surface area is 119 Å². The van der Waals surface area contributed by atoms with Crippen LogP contribution in [-0.2, 0) is 16.1 Å². The van der Waals surface area contributed by atoms with Gasteiger partial charge in [-0.2, -0.15) is 0 Å². The number of amides is 1. The van der Waals surface area contributed by atoms with E-state index >= 15 is 0 Å². The van der Waals surface area contributed by atoms with E-state index < -0.39 is 11.7 Å². The van der Waals surface area contributed by atoms with Crippen LogP contribution < -0.4 is 0 Å². The van der Waals surface area contributed by atoms with E-state index in [1.165, 1.54) is 0 Å². The van der Waals surface area contributed by atoms with Crippen LogP contribution in [0.2, 0.25) is 0 Å². The van der Waals surface area contributed by atoms with Gasteiger partial charge in [-0.3, -0.25) is 4.90 Å². The monoisotopic (exact) mass is 279 g/mol. The molecule has 1 fully saturated rings. The Hall–Kier alpha value is -1.59. The molecule has 1 atom stereocenters. The van der Waals surface area contributed by atoms with E-state index in [-0.39, 0.29) is 19.3 Å². The zero-order chi connectivity index (χ0) is 14.6. The molecule has 1 aromatic rings. The number of aliphatic hydroxyl groups excluding tert-OH is 1. The smallest absolute Gasteiger partial charge is 0.410 e. The molecule has 1 unspecified atom stereocenters. The van der Waals surface area contributed by atoms with Crippen molar-refractivity contribution in [3.8, 4) is 0 Å². The molecule has 0 spiro atoms. The van der Waals surface area contributed by atoms with Crippen LogP contribution >= 0.6 is 0 Å². The van der Waals surface area contributed by atoms with Crippen LogP contribution in [0.5, 0.6) is 0 Å². The van der Waals surface area contributed by atoms with Gasteiger partial charge < -0.3 is 14.6 Å². The van der Waals surface area contributed by atoms with Crippen LogP contribution in [0.25, 0.3) is 0 Å². The SMILES string of the molecule is CC1(C)OCCN(C(=O)OCc2ccccc2)C1CO. The van der Waals surface area contributed by atoms with Gasteiger partial charge in [-0.1, -0.05) is 30.3 Å². The predicted octanol–water partition coefficient (Wildman–Crippen LogP) is 1.79. The van der Waals surface area contributed by atoms with Gasteiger partial charge >= 0.3 is 6.09 Å². The molecule has 0 saturated carbocycles. The predicted molar refractivity (Wildman–Crippen MR) is 74.2 cm³/mol. The molecule has 1 N–H and O–H groups in total. The summed E-state index contributed by atoms with van der Waals surface area (Å²) in [5, 5.41) is 9.50. The zero-order valence-corrected chi connectivity index (χ0v) is 11.9. The van der Waals surface area contributed by atoms with Crippen molar-refractivity contribution in [2.45, 2.75) is 32.1 Å². The first-order valence-electron chi connectivity index (χ1n) is 6.77. The molecule has 1 saturated heterocycles. The number of ether oxygens (including phenoxy) is 2. The van der Waals surface area contributed by atoms with Crippen molar-refractivity contribution in [3.63, 3.8) is 0 Å². The zero-order valence-electron chi connectivity index (χ0n) is 11.9. The van der Waals surface area contributed by atoms with Gasteiger partial charge in [-0.25, -0.2) is 4.79 Å². The standard InChI is InChI=1S/C15H21NO4/c1-15(2)13(10-17)16(8-9-20-15)14(18)19-11-12-6-4-3-5-7-12/h3-7,13,17H,8-11H2,1-2H3. The van der Waals surface area contributed by atoms with E-state index in [1.807, 2.05) is 44.2 Å². The quantitative estimate of drug-likeness (QED) is 0.916. The van der Waals surface area contributed by atoms with E-state index in [1.54, 1.807) is 4.90 Å². The lowest BCUT2D eigenvalue weighted by Crippen LogP contribution is -2.60. The van der Waals surface area contributed by atoms with Crippen molar-refractivity contribution in [2.24, 2.45) is 0 Å². The summed E-state index contributed by atoms with van der Waals surface area (Å²) < 4.78 is 10.9. The number of carbonyl (C=O) groups is 1. The number of hydrogen-bond donors (Lipinski definition) is 1. The van der Waals surface area contributed by atoms with Gasteiger partial charge in [0.25, 0.3) is 0 Å². The van der Waals surface area contributed by atoms with Gasteiger partial charge in [-0.05, 0) is 19.4 Å². The highest BCUT2D eigenvalue weighted by molar-refractivity contribution is 5.68. The minimum Gasteiger partial charge on any atom is -0.445 e. The number of hydrogen-bond acceptors (Lipinski definition) is 4. The van der Waals surface area contributed by atoms with Gasteiger partial charge in [0.15, 0.2) is 0 Å². The largest absolute Gasteiger partial charge is 0.445 e. The van der Waals surface area contributed by atoms with E-state index in [0.29, 0.717) is 13.2 Å². The number of rotatable bonds is 3. The molecule has 5 heteroatoms. The van der Waals surface area contributed by atoms with Gasteiger partial charge in [0.05, 0.1) is 24.9 Å². The van der Waals surface area contributed by atoms with Crippen LogP contribution in [0.4, 0.5) is 4.79 Å². The van der Waals surface area contributed by atoms with Crippen molar-refractivity contribution in [1.82, 2.24) is 4.90 Å². The minimum atomic E-state index is -0.571. The second kappa shape index (κ2) is 6.24. The molecule has 0 aliphatic carbocycles. The molecule has 20 heavy (non-hydrogen) atoms. The minimum absolute atomic E-state index is 0.145. The Morgan fingerprint density at radius 2 is 2.15 bits per heavy atom. The summed E-state index contributed by atoms with van der Waals surface area (Å²) >= 11 is 0. The third-order valence-electron chi connectivity index (χ3n) is 3.60. The van der Waals surface area contributed by atoms with Crippen molar-refractivity contribution < 1.29 is 19.4 Å². The highest BCUT2D eigenvalue weighted by Gasteiger charge is 2.41. The summed E-state index contributed by atoms with van der Waals surface area (Å²) in [5.41, 5.74) is 0.368. The third kappa shape index (κ3) is 3.29. The Morgan fingerprint density at radius 1 is 1.45 bits per heavy atom. The van der Waals surface area contributed by atoms with E-state index in [4.69, 9.17) is 9.47 Å². The van der Waals surface area contributed by atoms with Crippen molar-refractivity contribution >= 4 is 6.09 Å². The first-order valence-corrected chi connectivity index (χ1v) is 6.77. The average molecular weight is 279 g/mol. The van der Waals surface area contributed by atoms with E-state index in [2.05, 4.69) is 0 Å². The Bertz CT molecular complexity index is 446. The molecule has 0 radical (unpaired) electrons. The lowest BCUT2D eigenvalue weighted by atomic mass is 9.96. The summed E-state index contributed by atoms with van der Waals surface area (Å²) in [6.07, 6.45) is -0.413. The Morgan fingerprint density at radius 3 is 2.80 bits per heavy atom. The summed E-state index contributed by atoms with van der Waals surface area (Å²) in [4.78, 5) is 13.7. The van der Waals surface area contributed by atoms with Crippen LogP contribution in [0.1, 0.15) is 19.4 Å². The molecule has 1 amide bonds. The van der Waals surface area contributed by atoms with Crippen molar-refractivity contribution in [2.75, 3.05) is 19.8 Å². The fraction of sp³-hybridized carbons (Fsp3) is 0.533. The maximum Gasteiger partial charge on any atom is 0.410 e. The van der Waals surface area contributed by atoms with Crippen LogP contribution in [0, 0.1) is 0 Å². The molecule has 1 heterocycles. The van der Waals surface area contributed by atoms with Crippen molar-refractivity contribution in [3.05, 3.63) is 35.9 Å². The normalized spacial score (nSPS) is 21.6. The van der Waals surface area contributed by atoms with Crippen LogP contribution in [0.15, 0.2) is 30.3 Å². The number of nitrogens with zero attached hydrogens (tertiary/aromatic N) is 1. The first-order chi connectivity index (χ1) is 9.54. The molecule has 0 bridgehead atoms.